The predicted octanol–water partition coefficient (Wildman–Crippen LogP) is 0.211. The zero-order valence-electron chi connectivity index (χ0n) is 17.3. The number of amides is 2. The molecule has 2 heterocycles. The summed E-state index contributed by atoms with van der Waals surface area (Å²) in [5.41, 5.74) is 7.51. The van der Waals surface area contributed by atoms with Crippen molar-refractivity contribution in [1.82, 2.24) is 10.2 Å². The topological polar surface area (TPSA) is 106 Å². The third-order valence-corrected chi connectivity index (χ3v) is 4.47. The number of nitrogens with zero attached hydrogens (tertiary/aromatic N) is 1. The van der Waals surface area contributed by atoms with Crippen molar-refractivity contribution in [2.75, 3.05) is 44.8 Å². The number of hydrogen-bond donors (Lipinski definition) is 3. The second-order valence-corrected chi connectivity index (χ2v) is 6.42. The van der Waals surface area contributed by atoms with E-state index in [-0.39, 0.29) is 12.3 Å². The lowest BCUT2D eigenvalue weighted by atomic mass is 10.0. The Balaban J connectivity index is 1.59. The number of ether oxygens (including phenoxy) is 2. The van der Waals surface area contributed by atoms with E-state index >= 15 is 0 Å². The minimum Gasteiger partial charge on any atom is -0.382 e. The van der Waals surface area contributed by atoms with Gasteiger partial charge in [-0.05, 0) is 23.6 Å². The Morgan fingerprint density at radius 1 is 1.22 bits per heavy atom. The number of benzene rings is 1. The number of nitrogens with one attached hydrogen (secondary N) is 2. The average molecular weight is 378 g/mol. The second kappa shape index (κ2) is 9.80. The van der Waals surface area contributed by atoms with Crippen molar-refractivity contribution >= 4 is 17.5 Å². The Kier molecular flexibility index (Phi) is 6.21. The van der Waals surface area contributed by atoms with Gasteiger partial charge in [0.1, 0.15) is 0 Å². The van der Waals surface area contributed by atoms with Gasteiger partial charge in [-0.2, -0.15) is 0 Å². The van der Waals surface area contributed by atoms with Gasteiger partial charge in [-0.25, -0.2) is 0 Å². The number of anilines is 1. The minimum absolute atomic E-state index is 0.222. The van der Waals surface area contributed by atoms with Crippen LogP contribution in [-0.4, -0.2) is 62.3 Å². The van der Waals surface area contributed by atoms with Crippen LogP contribution >= 0.6 is 0 Å². The van der Waals surface area contributed by atoms with Gasteiger partial charge in [0.25, 0.3) is 0 Å². The highest BCUT2D eigenvalue weighted by atomic mass is 16.5. The Morgan fingerprint density at radius 2 is 2.04 bits per heavy atom. The number of piperidine rings is 1. The average Bonchev–Trinajstić information content (AvgIpc) is 2.95. The molecule has 0 spiro atoms. The van der Waals surface area contributed by atoms with Crippen LogP contribution in [0.15, 0.2) is 18.2 Å². The molecule has 0 aliphatic carbocycles. The third kappa shape index (κ3) is 5.26. The first-order valence-electron chi connectivity index (χ1n) is 10.4. The number of fused-ring (bicyclic) bond motifs is 1. The van der Waals surface area contributed by atoms with Gasteiger partial charge in [0.2, 0.25) is 11.8 Å². The maximum absolute atomic E-state index is 12.3. The normalized spacial score (nSPS) is 26.3. The van der Waals surface area contributed by atoms with Crippen LogP contribution < -0.4 is 16.4 Å². The Morgan fingerprint density at radius 3 is 2.81 bits per heavy atom. The van der Waals surface area contributed by atoms with E-state index in [1.807, 2.05) is 18.2 Å². The number of carbonyl (C=O) groups excluding carboxylic acids is 2. The van der Waals surface area contributed by atoms with Crippen molar-refractivity contribution in [3.63, 3.8) is 0 Å². The van der Waals surface area contributed by atoms with E-state index in [0.717, 1.165) is 5.69 Å². The van der Waals surface area contributed by atoms with Gasteiger partial charge in [-0.1, -0.05) is 12.1 Å². The first kappa shape index (κ1) is 17.1. The summed E-state index contributed by atoms with van der Waals surface area (Å²) in [6.07, 6.45) is 0.548. The first-order chi connectivity index (χ1) is 14.0. The summed E-state index contributed by atoms with van der Waals surface area (Å²) >= 11 is 0. The molecule has 27 heavy (non-hydrogen) atoms. The largest absolute Gasteiger partial charge is 0.382 e. The van der Waals surface area contributed by atoms with E-state index < -0.39 is 25.0 Å². The molecule has 0 saturated carbocycles. The third-order valence-electron chi connectivity index (χ3n) is 4.47. The summed E-state index contributed by atoms with van der Waals surface area (Å²) in [6.45, 7) is 1.31. The molecule has 0 bridgehead atoms. The fourth-order valence-corrected chi connectivity index (χ4v) is 3.15. The van der Waals surface area contributed by atoms with E-state index in [9.17, 15) is 9.59 Å². The van der Waals surface area contributed by atoms with E-state index in [1.165, 1.54) is 0 Å². The van der Waals surface area contributed by atoms with Gasteiger partial charge in [0, 0.05) is 41.0 Å². The molecule has 0 radical (unpaired) electrons. The molecule has 148 valence electrons. The van der Waals surface area contributed by atoms with Gasteiger partial charge in [0.15, 0.2) is 0 Å². The van der Waals surface area contributed by atoms with Gasteiger partial charge < -0.3 is 20.5 Å². The van der Waals surface area contributed by atoms with E-state index in [1.54, 1.807) is 4.90 Å². The summed E-state index contributed by atoms with van der Waals surface area (Å²) in [5.74, 6) is -0.731. The maximum atomic E-state index is 12.3. The number of carbonyl (C=O) groups is 2. The fourth-order valence-electron chi connectivity index (χ4n) is 3.15. The number of rotatable bonds is 10. The molecule has 0 aromatic heterocycles. The Hall–Kier alpha value is -2.00. The second-order valence-electron chi connectivity index (χ2n) is 6.42. The highest BCUT2D eigenvalue weighted by Gasteiger charge is 2.35. The summed E-state index contributed by atoms with van der Waals surface area (Å²) < 4.78 is 28.0. The lowest BCUT2D eigenvalue weighted by Crippen LogP contribution is -2.50. The van der Waals surface area contributed by atoms with E-state index in [0.29, 0.717) is 57.1 Å². The molecular formula is C19H28N4O4. The van der Waals surface area contributed by atoms with Crippen LogP contribution in [0.2, 0.25) is 0 Å². The molecule has 2 amide bonds. The molecule has 1 aromatic carbocycles. The molecule has 4 N–H and O–H groups in total. The molecule has 2 aliphatic rings. The van der Waals surface area contributed by atoms with Crippen molar-refractivity contribution in [3.05, 3.63) is 29.3 Å². The molecule has 3 atom stereocenters. The zero-order valence-corrected chi connectivity index (χ0v) is 15.3. The van der Waals surface area contributed by atoms with Gasteiger partial charge >= 0.3 is 0 Å². The minimum atomic E-state index is -0.856. The van der Waals surface area contributed by atoms with Crippen LogP contribution in [0, 0.1) is 0 Å². The van der Waals surface area contributed by atoms with Gasteiger partial charge in [-0.3, -0.25) is 19.8 Å². The first-order valence-corrected chi connectivity index (χ1v) is 9.22. The molecule has 3 rings (SSSR count). The molecule has 8 nitrogen and oxygen atoms in total. The standard InChI is InChI=1S/C19H28N4O4/c20-6-8-26-10-11-27-9-7-21-16-3-1-2-14-12-23(13-15(14)16)17-4-5-18(24)22-19(17)25/h1-3,17,21H,4-13,20H2,(H,22,24,25)/i12D,13D. The number of hydrogen-bond acceptors (Lipinski definition) is 7. The van der Waals surface area contributed by atoms with Crippen LogP contribution in [0.25, 0.3) is 0 Å². The molecule has 1 saturated heterocycles. The lowest BCUT2D eigenvalue weighted by Gasteiger charge is -2.29. The van der Waals surface area contributed by atoms with Crippen LogP contribution in [0.5, 0.6) is 0 Å². The van der Waals surface area contributed by atoms with Crippen molar-refractivity contribution in [1.29, 1.82) is 0 Å². The molecule has 1 aromatic rings. The van der Waals surface area contributed by atoms with Crippen molar-refractivity contribution < 1.29 is 21.8 Å². The monoisotopic (exact) mass is 378 g/mol. The lowest BCUT2D eigenvalue weighted by molar-refractivity contribution is -0.137. The highest BCUT2D eigenvalue weighted by molar-refractivity contribution is 6.00. The highest BCUT2D eigenvalue weighted by Crippen LogP contribution is 2.32. The summed E-state index contributed by atoms with van der Waals surface area (Å²) in [5, 5.41) is 5.59. The zero-order chi connectivity index (χ0) is 20.8. The molecule has 3 unspecified atom stereocenters. The number of imide groups is 1. The SMILES string of the molecule is [2H]C1c2cccc(NCCOCCOCCN)c2C([2H])N1C1CCC(=O)NC1=O. The predicted molar refractivity (Wildman–Crippen MR) is 101 cm³/mol. The Bertz CT molecular complexity index is 736. The maximum Gasteiger partial charge on any atom is 0.243 e. The van der Waals surface area contributed by atoms with Crippen LogP contribution in [-0.2, 0) is 32.1 Å². The van der Waals surface area contributed by atoms with Crippen molar-refractivity contribution in [2.24, 2.45) is 5.73 Å². The summed E-state index contributed by atoms with van der Waals surface area (Å²) in [6, 6.07) is 4.86. The summed E-state index contributed by atoms with van der Waals surface area (Å²) in [4.78, 5) is 25.3. The molecule has 2 aliphatic heterocycles. The number of nitrogens with two attached hydrogens (primary N) is 1. The van der Waals surface area contributed by atoms with Crippen LogP contribution in [0.1, 0.15) is 26.7 Å². The Labute approximate surface area is 162 Å². The van der Waals surface area contributed by atoms with Gasteiger partial charge in [0.05, 0.1) is 32.5 Å². The van der Waals surface area contributed by atoms with E-state index in [4.69, 9.17) is 17.9 Å². The molecular weight excluding hydrogens is 348 g/mol. The van der Waals surface area contributed by atoms with Crippen molar-refractivity contribution in [3.8, 4) is 0 Å². The van der Waals surface area contributed by atoms with Gasteiger partial charge in [-0.15, -0.1) is 0 Å². The van der Waals surface area contributed by atoms with Crippen molar-refractivity contribution in [2.45, 2.75) is 31.9 Å². The van der Waals surface area contributed by atoms with E-state index in [2.05, 4.69) is 10.6 Å². The molecule has 1 fully saturated rings. The fraction of sp³-hybridized carbons (Fsp3) is 0.579. The summed E-state index contributed by atoms with van der Waals surface area (Å²) in [7, 11) is 0. The quantitative estimate of drug-likeness (QED) is 0.395. The van der Waals surface area contributed by atoms with Crippen LogP contribution in [0.4, 0.5) is 5.69 Å². The smallest absolute Gasteiger partial charge is 0.243 e. The van der Waals surface area contributed by atoms with Crippen LogP contribution in [0.3, 0.4) is 0 Å². The molecule has 8 heteroatoms.